The van der Waals surface area contributed by atoms with Gasteiger partial charge in [0.15, 0.2) is 5.16 Å². The quantitative estimate of drug-likeness (QED) is 0.162. The number of nitro groups is 1. The van der Waals surface area contributed by atoms with Crippen LogP contribution in [0.1, 0.15) is 11.1 Å². The minimum Gasteiger partial charge on any atom is -0.314 e. The molecule has 1 amide bonds. The van der Waals surface area contributed by atoms with Crippen LogP contribution in [0.15, 0.2) is 95.2 Å². The summed E-state index contributed by atoms with van der Waals surface area (Å²) in [6.07, 6.45) is 4.48. The van der Waals surface area contributed by atoms with Crippen molar-refractivity contribution in [2.45, 2.75) is 11.7 Å². The summed E-state index contributed by atoms with van der Waals surface area (Å²) in [5.74, 6) is -0.137. The van der Waals surface area contributed by atoms with Gasteiger partial charge in [0, 0.05) is 12.3 Å². The van der Waals surface area contributed by atoms with E-state index in [1.54, 1.807) is 24.3 Å². The molecule has 1 N–H and O–H groups in total. The number of hydrazone groups is 1. The Hall–Kier alpha value is -4.24. The lowest BCUT2D eigenvalue weighted by Crippen LogP contribution is -2.19. The van der Waals surface area contributed by atoms with Gasteiger partial charge in [0.2, 0.25) is 0 Å². The number of carbonyl (C=O) groups excluding carboxylic acids is 1. The molecule has 4 rings (SSSR count). The van der Waals surface area contributed by atoms with Gasteiger partial charge in [-0.25, -0.2) is 10.4 Å². The second kappa shape index (κ2) is 11.1. The van der Waals surface area contributed by atoms with Crippen molar-refractivity contribution in [3.05, 3.63) is 106 Å². The van der Waals surface area contributed by atoms with E-state index in [2.05, 4.69) is 32.2 Å². The molecule has 0 spiro atoms. The van der Waals surface area contributed by atoms with Gasteiger partial charge in [-0.15, -0.1) is 0 Å². The van der Waals surface area contributed by atoms with Gasteiger partial charge in [0.25, 0.3) is 11.6 Å². The Bertz CT molecular complexity index is 1370. The Kier molecular flexibility index (Phi) is 7.46. The maximum absolute atomic E-state index is 12.3. The lowest BCUT2D eigenvalue weighted by Gasteiger charge is -2.09. The number of rotatable bonds is 9. The van der Waals surface area contributed by atoms with Crippen LogP contribution in [0.4, 0.5) is 5.69 Å². The predicted molar refractivity (Wildman–Crippen MR) is 135 cm³/mol. The number of thioether (sulfide) groups is 1. The third kappa shape index (κ3) is 5.76. The highest BCUT2D eigenvalue weighted by Crippen LogP contribution is 2.25. The summed E-state index contributed by atoms with van der Waals surface area (Å²) < 4.78 is 2.10. The minimum atomic E-state index is -0.444. The first-order chi connectivity index (χ1) is 16.6. The molecule has 9 heteroatoms. The maximum Gasteiger partial charge on any atom is 0.276 e. The number of hydrogen-bond acceptors (Lipinski definition) is 6. The highest BCUT2D eigenvalue weighted by Gasteiger charge is 2.13. The van der Waals surface area contributed by atoms with E-state index in [-0.39, 0.29) is 17.3 Å². The summed E-state index contributed by atoms with van der Waals surface area (Å²) in [6.45, 7) is 0.653. The van der Waals surface area contributed by atoms with Crippen LogP contribution >= 0.6 is 11.8 Å². The number of aromatic nitrogens is 2. The summed E-state index contributed by atoms with van der Waals surface area (Å²) >= 11 is 1.34. The average molecular weight is 472 g/mol. The van der Waals surface area contributed by atoms with Crippen LogP contribution in [0.5, 0.6) is 0 Å². The molecule has 0 radical (unpaired) electrons. The van der Waals surface area contributed by atoms with Crippen molar-refractivity contribution in [1.82, 2.24) is 15.0 Å². The first-order valence-electron chi connectivity index (χ1n) is 10.5. The van der Waals surface area contributed by atoms with E-state index < -0.39 is 4.92 Å². The first-order valence-corrected chi connectivity index (χ1v) is 11.4. The summed E-state index contributed by atoms with van der Waals surface area (Å²) in [6, 6.07) is 24.4. The molecule has 0 bridgehead atoms. The monoisotopic (exact) mass is 471 g/mol. The SMILES string of the molecule is O=C(CSc1nc2ccccc2n1Cc1ccccc1)NN=CC=Cc1ccccc1[N+](=O)[O-]. The number of nitrogens with zero attached hydrogens (tertiary/aromatic N) is 4. The number of imidazole rings is 1. The number of carbonyl (C=O) groups is 1. The van der Waals surface area contributed by atoms with Crippen molar-refractivity contribution >= 4 is 46.7 Å². The van der Waals surface area contributed by atoms with E-state index in [0.717, 1.165) is 21.8 Å². The van der Waals surface area contributed by atoms with Crippen LogP contribution in [0, 0.1) is 10.1 Å². The molecule has 0 aliphatic heterocycles. The van der Waals surface area contributed by atoms with Gasteiger partial charge in [-0.1, -0.05) is 66.4 Å². The molecule has 0 aliphatic carbocycles. The van der Waals surface area contributed by atoms with Crippen molar-refractivity contribution in [3.8, 4) is 0 Å². The lowest BCUT2D eigenvalue weighted by molar-refractivity contribution is -0.385. The first kappa shape index (κ1) is 22.9. The minimum absolute atomic E-state index is 0.00553. The Morgan fingerprint density at radius 2 is 1.79 bits per heavy atom. The number of nitrogens with one attached hydrogen (secondary N) is 1. The fourth-order valence-corrected chi connectivity index (χ4v) is 4.14. The van der Waals surface area contributed by atoms with Crippen LogP contribution in [0.3, 0.4) is 0 Å². The van der Waals surface area contributed by atoms with Gasteiger partial charge in [0.05, 0.1) is 33.8 Å². The van der Waals surface area contributed by atoms with Crippen LogP contribution in [-0.4, -0.2) is 32.3 Å². The Morgan fingerprint density at radius 3 is 2.62 bits per heavy atom. The molecule has 1 heterocycles. The predicted octanol–water partition coefficient (Wildman–Crippen LogP) is 4.90. The Balaban J connectivity index is 1.37. The van der Waals surface area contributed by atoms with Crippen LogP contribution < -0.4 is 5.43 Å². The smallest absolute Gasteiger partial charge is 0.276 e. The number of allylic oxidation sites excluding steroid dienone is 1. The van der Waals surface area contributed by atoms with Gasteiger partial charge in [-0.2, -0.15) is 5.10 Å². The molecule has 0 unspecified atom stereocenters. The van der Waals surface area contributed by atoms with Crippen molar-refractivity contribution in [1.29, 1.82) is 0 Å². The zero-order valence-electron chi connectivity index (χ0n) is 18.1. The van der Waals surface area contributed by atoms with Crippen molar-refractivity contribution in [2.24, 2.45) is 5.10 Å². The summed E-state index contributed by atoms with van der Waals surface area (Å²) in [5, 5.41) is 15.7. The zero-order chi connectivity index (χ0) is 23.8. The molecule has 3 aromatic carbocycles. The fourth-order valence-electron chi connectivity index (χ4n) is 3.34. The molecular weight excluding hydrogens is 450 g/mol. The highest BCUT2D eigenvalue weighted by atomic mass is 32.2. The van der Waals surface area contributed by atoms with E-state index in [4.69, 9.17) is 0 Å². The van der Waals surface area contributed by atoms with E-state index in [9.17, 15) is 14.9 Å². The molecule has 0 saturated heterocycles. The van der Waals surface area contributed by atoms with Gasteiger partial charge >= 0.3 is 0 Å². The number of nitro benzene ring substituents is 1. The summed E-state index contributed by atoms with van der Waals surface area (Å²) in [4.78, 5) is 27.6. The van der Waals surface area contributed by atoms with Crippen molar-refractivity contribution in [2.75, 3.05) is 5.75 Å². The molecule has 170 valence electrons. The Morgan fingerprint density at radius 1 is 1.06 bits per heavy atom. The van der Waals surface area contributed by atoms with Crippen molar-refractivity contribution < 1.29 is 9.72 Å². The zero-order valence-corrected chi connectivity index (χ0v) is 18.9. The van der Waals surface area contributed by atoms with Gasteiger partial charge in [-0.3, -0.25) is 14.9 Å². The van der Waals surface area contributed by atoms with Crippen LogP contribution in [0.2, 0.25) is 0 Å². The lowest BCUT2D eigenvalue weighted by atomic mass is 10.2. The molecule has 0 atom stereocenters. The normalized spacial score (nSPS) is 11.4. The number of fused-ring (bicyclic) bond motifs is 1. The Labute approximate surface area is 200 Å². The molecule has 8 nitrogen and oxygen atoms in total. The van der Waals surface area contributed by atoms with Gasteiger partial charge in [0.1, 0.15) is 0 Å². The third-order valence-electron chi connectivity index (χ3n) is 4.89. The van der Waals surface area contributed by atoms with Gasteiger partial charge in [-0.05, 0) is 35.9 Å². The van der Waals surface area contributed by atoms with E-state index in [0.29, 0.717) is 12.1 Å². The topological polar surface area (TPSA) is 102 Å². The number of hydrogen-bond donors (Lipinski definition) is 1. The average Bonchev–Trinajstić information content (AvgIpc) is 3.20. The summed E-state index contributed by atoms with van der Waals surface area (Å²) in [7, 11) is 0. The van der Waals surface area contributed by atoms with Crippen molar-refractivity contribution in [3.63, 3.8) is 0 Å². The maximum atomic E-state index is 12.3. The molecule has 0 saturated carbocycles. The van der Waals surface area contributed by atoms with Crippen LogP contribution in [0.25, 0.3) is 17.1 Å². The molecule has 1 aromatic heterocycles. The van der Waals surface area contributed by atoms with Crippen LogP contribution in [-0.2, 0) is 11.3 Å². The highest BCUT2D eigenvalue weighted by molar-refractivity contribution is 7.99. The summed E-state index contributed by atoms with van der Waals surface area (Å²) in [5.41, 5.74) is 5.96. The molecular formula is C25H21N5O3S. The second-order valence-electron chi connectivity index (χ2n) is 7.23. The number of amides is 1. The fraction of sp³-hybridized carbons (Fsp3) is 0.0800. The van der Waals surface area contributed by atoms with E-state index in [1.807, 2.05) is 42.5 Å². The number of benzene rings is 3. The van der Waals surface area contributed by atoms with E-state index in [1.165, 1.54) is 30.1 Å². The molecule has 0 aliphatic rings. The third-order valence-corrected chi connectivity index (χ3v) is 5.87. The molecule has 0 fully saturated rings. The molecule has 34 heavy (non-hydrogen) atoms. The largest absolute Gasteiger partial charge is 0.314 e. The molecule has 4 aromatic rings. The second-order valence-corrected chi connectivity index (χ2v) is 8.17. The van der Waals surface area contributed by atoms with Gasteiger partial charge < -0.3 is 4.57 Å². The van der Waals surface area contributed by atoms with E-state index >= 15 is 0 Å². The standard InChI is InChI=1S/C25H21N5O3S/c31-24(28-26-16-8-12-20-11-4-6-14-22(20)30(32)33)18-34-25-27-21-13-5-7-15-23(21)29(25)17-19-9-2-1-3-10-19/h1-16H,17-18H2,(H,28,31). The number of para-hydroxylation sites is 3.